The lowest BCUT2D eigenvalue weighted by atomic mass is 10.1. The molecule has 0 atom stereocenters. The quantitative estimate of drug-likeness (QED) is 0.481. The van der Waals surface area contributed by atoms with E-state index >= 15 is 0 Å². The van der Waals surface area contributed by atoms with Crippen molar-refractivity contribution in [3.05, 3.63) is 66.7 Å². The summed E-state index contributed by atoms with van der Waals surface area (Å²) < 4.78 is 5.49. The minimum atomic E-state index is -1.02. The molecule has 0 bridgehead atoms. The number of nitro benzene ring substituents is 3. The molecule has 3 rings (SSSR count). The average molecular weight is 387 g/mol. The van der Waals surface area contributed by atoms with E-state index in [9.17, 15) is 35.1 Å². The van der Waals surface area contributed by atoms with Crippen LogP contribution in [0.25, 0.3) is 22.4 Å². The van der Waals surface area contributed by atoms with Gasteiger partial charge in [-0.15, -0.1) is 0 Å². The molecule has 0 aliphatic heterocycles. The Morgan fingerprint density at radius 2 is 1.57 bits per heavy atom. The van der Waals surface area contributed by atoms with Crippen molar-refractivity contribution in [1.82, 2.24) is 9.55 Å². The van der Waals surface area contributed by atoms with E-state index in [0.717, 1.165) is 11.7 Å². The van der Waals surface area contributed by atoms with Gasteiger partial charge in [-0.1, -0.05) is 12.1 Å². The van der Waals surface area contributed by atoms with Crippen molar-refractivity contribution in [3.8, 4) is 11.4 Å². The van der Waals surface area contributed by atoms with Crippen LogP contribution in [0.15, 0.2) is 36.4 Å². The molecule has 2 aromatic carbocycles. The SMILES string of the molecule is COC(=O)n1c(-c2c([N+](=O)[O-])cc([N+](=O)[O-])cc2[N+](=O)[O-])nc2ccccc21. The standard InChI is InChI=1S/C15H9N5O8/c1-28-15(21)17-10-5-3-2-4-9(10)16-14(17)13-11(19(24)25)6-8(18(22)23)7-12(13)20(26)27/h2-7H,1H3. The second kappa shape index (κ2) is 6.71. The van der Waals surface area contributed by atoms with Crippen molar-refractivity contribution >= 4 is 34.2 Å². The van der Waals surface area contributed by atoms with Gasteiger partial charge in [0.2, 0.25) is 0 Å². The monoisotopic (exact) mass is 387 g/mol. The van der Waals surface area contributed by atoms with Crippen molar-refractivity contribution in [1.29, 1.82) is 0 Å². The molecule has 0 N–H and O–H groups in total. The van der Waals surface area contributed by atoms with Gasteiger partial charge in [0.1, 0.15) is 0 Å². The van der Waals surface area contributed by atoms with E-state index in [1.165, 1.54) is 12.1 Å². The molecule has 0 fully saturated rings. The lowest BCUT2D eigenvalue weighted by Crippen LogP contribution is -2.14. The van der Waals surface area contributed by atoms with E-state index in [1.807, 2.05) is 0 Å². The zero-order valence-electron chi connectivity index (χ0n) is 14.0. The summed E-state index contributed by atoms with van der Waals surface area (Å²) in [5.74, 6) is -0.443. The van der Waals surface area contributed by atoms with E-state index in [4.69, 9.17) is 0 Å². The van der Waals surface area contributed by atoms with Gasteiger partial charge in [0.25, 0.3) is 17.1 Å². The Balaban J connectivity index is 2.51. The average Bonchev–Trinajstić information content (AvgIpc) is 3.05. The summed E-state index contributed by atoms with van der Waals surface area (Å²) in [6, 6.07) is 7.24. The maximum Gasteiger partial charge on any atom is 0.419 e. The largest absolute Gasteiger partial charge is 0.452 e. The molecule has 0 aliphatic carbocycles. The fourth-order valence-electron chi connectivity index (χ4n) is 2.69. The van der Waals surface area contributed by atoms with Crippen LogP contribution in [0.1, 0.15) is 0 Å². The molecule has 0 saturated heterocycles. The van der Waals surface area contributed by atoms with Crippen LogP contribution in [-0.4, -0.2) is 37.5 Å². The number of nitrogens with zero attached hydrogens (tertiary/aromatic N) is 5. The number of rotatable bonds is 4. The first kappa shape index (κ1) is 18.4. The Hall–Kier alpha value is -4.42. The van der Waals surface area contributed by atoms with Gasteiger partial charge in [-0.05, 0) is 12.1 Å². The fourth-order valence-corrected chi connectivity index (χ4v) is 2.69. The minimum Gasteiger partial charge on any atom is -0.452 e. The molecule has 0 amide bonds. The smallest absolute Gasteiger partial charge is 0.419 e. The maximum absolute atomic E-state index is 12.3. The highest BCUT2D eigenvalue weighted by Crippen LogP contribution is 2.41. The topological polar surface area (TPSA) is 174 Å². The summed E-state index contributed by atoms with van der Waals surface area (Å²) >= 11 is 0. The van der Waals surface area contributed by atoms with E-state index in [-0.39, 0.29) is 11.0 Å². The predicted molar refractivity (Wildman–Crippen MR) is 92.9 cm³/mol. The highest BCUT2D eigenvalue weighted by atomic mass is 16.6. The van der Waals surface area contributed by atoms with Gasteiger partial charge in [-0.25, -0.2) is 14.3 Å². The van der Waals surface area contributed by atoms with Gasteiger partial charge in [0.15, 0.2) is 11.4 Å². The molecule has 3 aromatic rings. The van der Waals surface area contributed by atoms with Crippen molar-refractivity contribution < 1.29 is 24.3 Å². The third-order valence-corrected chi connectivity index (χ3v) is 3.83. The number of hydrogen-bond acceptors (Lipinski definition) is 9. The van der Waals surface area contributed by atoms with Crippen LogP contribution in [0.2, 0.25) is 0 Å². The number of methoxy groups -OCH3 is 1. The Morgan fingerprint density at radius 1 is 1.00 bits per heavy atom. The van der Waals surface area contributed by atoms with E-state index < -0.39 is 49.3 Å². The number of aromatic nitrogens is 2. The molecule has 1 aromatic heterocycles. The van der Waals surface area contributed by atoms with Crippen molar-refractivity contribution in [2.24, 2.45) is 0 Å². The first-order chi connectivity index (χ1) is 13.3. The molecule has 0 saturated carbocycles. The highest BCUT2D eigenvalue weighted by molar-refractivity contribution is 5.95. The first-order valence-corrected chi connectivity index (χ1v) is 7.43. The number of ether oxygens (including phenoxy) is 1. The summed E-state index contributed by atoms with van der Waals surface area (Å²) in [5.41, 5.74) is -2.98. The molecule has 0 aliphatic rings. The summed E-state index contributed by atoms with van der Waals surface area (Å²) in [7, 11) is 1.06. The molecule has 0 spiro atoms. The van der Waals surface area contributed by atoms with Gasteiger partial charge >= 0.3 is 6.09 Å². The summed E-state index contributed by atoms with van der Waals surface area (Å²) in [6.07, 6.45) is -0.995. The number of fused-ring (bicyclic) bond motifs is 1. The van der Waals surface area contributed by atoms with E-state index in [2.05, 4.69) is 9.72 Å². The number of para-hydroxylation sites is 2. The van der Waals surface area contributed by atoms with Crippen LogP contribution in [0, 0.1) is 30.3 Å². The number of benzene rings is 2. The Bertz CT molecular complexity index is 1130. The molecule has 0 unspecified atom stereocenters. The Morgan fingerprint density at radius 3 is 2.07 bits per heavy atom. The van der Waals surface area contributed by atoms with Crippen LogP contribution in [-0.2, 0) is 4.74 Å². The number of carbonyl (C=O) groups is 1. The second-order valence-electron chi connectivity index (χ2n) is 5.36. The van der Waals surface area contributed by atoms with E-state index in [1.54, 1.807) is 12.1 Å². The number of nitro groups is 3. The van der Waals surface area contributed by atoms with Crippen LogP contribution in [0.4, 0.5) is 21.9 Å². The molecule has 28 heavy (non-hydrogen) atoms. The summed E-state index contributed by atoms with van der Waals surface area (Å²) in [6.45, 7) is 0. The molecule has 1 heterocycles. The normalized spacial score (nSPS) is 10.6. The third kappa shape index (κ3) is 2.86. The molecular weight excluding hydrogens is 378 g/mol. The number of carbonyl (C=O) groups excluding carboxylic acids is 1. The predicted octanol–water partition coefficient (Wildman–Crippen LogP) is 3.04. The zero-order valence-corrected chi connectivity index (χ0v) is 14.0. The van der Waals surface area contributed by atoms with Gasteiger partial charge in [-0.3, -0.25) is 30.3 Å². The van der Waals surface area contributed by atoms with Gasteiger partial charge in [0, 0.05) is 0 Å². The summed E-state index contributed by atoms with van der Waals surface area (Å²) in [5, 5.41) is 34.1. The zero-order chi connectivity index (χ0) is 20.6. The first-order valence-electron chi connectivity index (χ1n) is 7.43. The maximum atomic E-state index is 12.3. The van der Waals surface area contributed by atoms with Crippen molar-refractivity contribution in [2.75, 3.05) is 7.11 Å². The number of hydrogen-bond donors (Lipinski definition) is 0. The minimum absolute atomic E-state index is 0.186. The van der Waals surface area contributed by atoms with E-state index in [0.29, 0.717) is 12.1 Å². The lowest BCUT2D eigenvalue weighted by Gasteiger charge is -2.07. The Kier molecular flexibility index (Phi) is 4.40. The van der Waals surface area contributed by atoms with Crippen LogP contribution >= 0.6 is 0 Å². The number of imidazole rings is 1. The molecule has 13 heteroatoms. The molecule has 13 nitrogen and oxygen atoms in total. The van der Waals surface area contributed by atoms with Crippen molar-refractivity contribution in [3.63, 3.8) is 0 Å². The van der Waals surface area contributed by atoms with Crippen molar-refractivity contribution in [2.45, 2.75) is 0 Å². The van der Waals surface area contributed by atoms with Gasteiger partial charge in [-0.2, -0.15) is 0 Å². The lowest BCUT2D eigenvalue weighted by molar-refractivity contribution is -0.402. The molecule has 142 valence electrons. The van der Waals surface area contributed by atoms with Gasteiger partial charge < -0.3 is 4.74 Å². The summed E-state index contributed by atoms with van der Waals surface area (Å²) in [4.78, 5) is 47.4. The van der Waals surface area contributed by atoms with Crippen LogP contribution < -0.4 is 0 Å². The number of non-ortho nitro benzene ring substituents is 1. The third-order valence-electron chi connectivity index (χ3n) is 3.83. The Labute approximate surface area is 154 Å². The van der Waals surface area contributed by atoms with Gasteiger partial charge in [0.05, 0.1) is 45.0 Å². The second-order valence-corrected chi connectivity index (χ2v) is 5.36. The highest BCUT2D eigenvalue weighted by Gasteiger charge is 2.35. The van der Waals surface area contributed by atoms with Crippen LogP contribution in [0.3, 0.4) is 0 Å². The fraction of sp³-hybridized carbons (Fsp3) is 0.0667. The molecule has 0 radical (unpaired) electrons. The molecular formula is C15H9N5O8. The van der Waals surface area contributed by atoms with Crippen LogP contribution in [0.5, 0.6) is 0 Å².